The van der Waals surface area contributed by atoms with Gasteiger partial charge in [0.2, 0.25) is 0 Å². The zero-order valence-corrected chi connectivity index (χ0v) is 16.5. The van der Waals surface area contributed by atoms with E-state index in [1.165, 1.54) is 7.11 Å². The first-order chi connectivity index (χ1) is 12.9. The molecule has 0 spiro atoms. The van der Waals surface area contributed by atoms with Crippen LogP contribution in [0.5, 0.6) is 0 Å². The largest absolute Gasteiger partial charge is 0.466 e. The maximum Gasteiger partial charge on any atom is 0.344 e. The van der Waals surface area contributed by atoms with Crippen LogP contribution in [0.25, 0.3) is 10.9 Å². The lowest BCUT2D eigenvalue weighted by Crippen LogP contribution is -2.31. The van der Waals surface area contributed by atoms with E-state index in [9.17, 15) is 9.59 Å². The molecular formula is C22H27NO4. The van der Waals surface area contributed by atoms with Gasteiger partial charge in [-0.1, -0.05) is 45.4 Å². The van der Waals surface area contributed by atoms with Crippen molar-refractivity contribution in [3.05, 3.63) is 41.1 Å². The van der Waals surface area contributed by atoms with Crippen molar-refractivity contribution in [2.24, 2.45) is 11.3 Å². The molecule has 1 aromatic heterocycles. The second-order valence-electron chi connectivity index (χ2n) is 7.86. The van der Waals surface area contributed by atoms with E-state index >= 15 is 0 Å². The minimum atomic E-state index is -0.569. The predicted octanol–water partition coefficient (Wildman–Crippen LogP) is 4.11. The van der Waals surface area contributed by atoms with Gasteiger partial charge in [0.15, 0.2) is 6.61 Å². The molecule has 2 aromatic rings. The molecule has 0 radical (unpaired) electrons. The summed E-state index contributed by atoms with van der Waals surface area (Å²) >= 11 is 0. The van der Waals surface area contributed by atoms with Crippen LogP contribution in [-0.2, 0) is 27.1 Å². The number of ether oxygens (including phenoxy) is 2. The normalized spacial score (nSPS) is 16.7. The van der Waals surface area contributed by atoms with Gasteiger partial charge in [-0.25, -0.2) is 9.59 Å². The van der Waals surface area contributed by atoms with Crippen molar-refractivity contribution >= 4 is 22.8 Å². The lowest BCUT2D eigenvalue weighted by Gasteiger charge is -2.37. The Hall–Kier alpha value is -2.43. The number of hydrogen-bond donors (Lipinski definition) is 0. The van der Waals surface area contributed by atoms with Crippen molar-refractivity contribution in [3.8, 4) is 0 Å². The third-order valence-electron chi connectivity index (χ3n) is 6.03. The summed E-state index contributed by atoms with van der Waals surface area (Å²) in [6, 6.07) is 7.61. The second-order valence-corrected chi connectivity index (χ2v) is 7.86. The van der Waals surface area contributed by atoms with Crippen LogP contribution in [0.3, 0.4) is 0 Å². The smallest absolute Gasteiger partial charge is 0.344 e. The van der Waals surface area contributed by atoms with Crippen LogP contribution < -0.4 is 0 Å². The molecule has 144 valence electrons. The number of carbonyl (C=O) groups is 2. The van der Waals surface area contributed by atoms with E-state index < -0.39 is 11.9 Å². The molecule has 0 saturated carbocycles. The molecule has 0 fully saturated rings. The number of benzene rings is 1. The first kappa shape index (κ1) is 19.3. The van der Waals surface area contributed by atoms with E-state index in [0.717, 1.165) is 47.8 Å². The summed E-state index contributed by atoms with van der Waals surface area (Å²) in [5.41, 5.74) is 3.48. The fourth-order valence-corrected chi connectivity index (χ4v) is 3.83. The predicted molar refractivity (Wildman–Crippen MR) is 104 cm³/mol. The molecule has 27 heavy (non-hydrogen) atoms. The van der Waals surface area contributed by atoms with Crippen molar-refractivity contribution in [1.82, 2.24) is 4.98 Å². The van der Waals surface area contributed by atoms with Crippen LogP contribution in [-0.4, -0.2) is 30.6 Å². The molecule has 0 aliphatic heterocycles. The number of nitrogens with zero attached hydrogens (tertiary/aromatic N) is 1. The van der Waals surface area contributed by atoms with Crippen LogP contribution in [0.2, 0.25) is 0 Å². The standard InChI is InChI=1S/C22H27NO4/c1-5-22(2,3)14-10-11-18-16(12-14)20(21(25)27-13-19(24)26-4)15-8-6-7-9-17(15)23-18/h6-9,14H,5,10-13H2,1-4H3. The minimum Gasteiger partial charge on any atom is -0.466 e. The van der Waals surface area contributed by atoms with Crippen LogP contribution in [0.15, 0.2) is 24.3 Å². The summed E-state index contributed by atoms with van der Waals surface area (Å²) < 4.78 is 9.85. The van der Waals surface area contributed by atoms with Crippen LogP contribution in [0, 0.1) is 11.3 Å². The van der Waals surface area contributed by atoms with E-state index in [0.29, 0.717) is 11.5 Å². The zero-order chi connectivity index (χ0) is 19.6. The molecule has 0 saturated heterocycles. The highest BCUT2D eigenvalue weighted by Gasteiger charge is 2.34. The van der Waals surface area contributed by atoms with Gasteiger partial charge in [-0.15, -0.1) is 0 Å². The lowest BCUT2D eigenvalue weighted by molar-refractivity contribution is -0.144. The summed E-state index contributed by atoms with van der Waals surface area (Å²) in [5.74, 6) is -0.573. The van der Waals surface area contributed by atoms with Gasteiger partial charge in [-0.05, 0) is 42.2 Å². The summed E-state index contributed by atoms with van der Waals surface area (Å²) in [7, 11) is 1.28. The van der Waals surface area contributed by atoms with Crippen molar-refractivity contribution in [2.45, 2.75) is 46.5 Å². The van der Waals surface area contributed by atoms with Gasteiger partial charge in [0, 0.05) is 11.1 Å². The first-order valence-corrected chi connectivity index (χ1v) is 9.51. The molecule has 1 atom stereocenters. The van der Waals surface area contributed by atoms with E-state index in [2.05, 4.69) is 25.5 Å². The van der Waals surface area contributed by atoms with Crippen molar-refractivity contribution in [2.75, 3.05) is 13.7 Å². The van der Waals surface area contributed by atoms with E-state index in [4.69, 9.17) is 9.72 Å². The highest BCUT2D eigenvalue weighted by molar-refractivity contribution is 6.05. The van der Waals surface area contributed by atoms with Gasteiger partial charge in [0.25, 0.3) is 0 Å². The number of aryl methyl sites for hydroxylation is 1. The Labute approximate surface area is 160 Å². The average molecular weight is 369 g/mol. The van der Waals surface area contributed by atoms with Crippen LogP contribution >= 0.6 is 0 Å². The molecule has 1 heterocycles. The zero-order valence-electron chi connectivity index (χ0n) is 16.5. The lowest BCUT2D eigenvalue weighted by atomic mass is 9.68. The van der Waals surface area contributed by atoms with Gasteiger partial charge in [0.1, 0.15) is 0 Å². The summed E-state index contributed by atoms with van der Waals surface area (Å²) in [6.45, 7) is 6.39. The Balaban J connectivity index is 2.06. The Morgan fingerprint density at radius 2 is 2.00 bits per heavy atom. The van der Waals surface area contributed by atoms with Crippen LogP contribution in [0.4, 0.5) is 0 Å². The molecule has 0 amide bonds. The fourth-order valence-electron chi connectivity index (χ4n) is 3.83. The number of pyridine rings is 1. The van der Waals surface area contributed by atoms with Gasteiger partial charge in [0.05, 0.1) is 18.2 Å². The summed E-state index contributed by atoms with van der Waals surface area (Å²) in [4.78, 5) is 29.1. The van der Waals surface area contributed by atoms with Crippen molar-refractivity contribution in [3.63, 3.8) is 0 Å². The minimum absolute atomic E-state index is 0.191. The number of hydrogen-bond acceptors (Lipinski definition) is 5. The molecule has 5 nitrogen and oxygen atoms in total. The quantitative estimate of drug-likeness (QED) is 0.742. The monoisotopic (exact) mass is 369 g/mol. The second kappa shape index (κ2) is 7.67. The highest BCUT2D eigenvalue weighted by atomic mass is 16.6. The van der Waals surface area contributed by atoms with E-state index in [1.54, 1.807) is 0 Å². The molecule has 1 unspecified atom stereocenters. The third-order valence-corrected chi connectivity index (χ3v) is 6.03. The number of methoxy groups -OCH3 is 1. The Morgan fingerprint density at radius 3 is 2.70 bits per heavy atom. The molecular weight excluding hydrogens is 342 g/mol. The third kappa shape index (κ3) is 3.82. The van der Waals surface area contributed by atoms with Gasteiger partial charge < -0.3 is 9.47 Å². The number of carbonyl (C=O) groups excluding carboxylic acids is 2. The SMILES string of the molecule is CCC(C)(C)C1CCc2nc3ccccc3c(C(=O)OCC(=O)OC)c2C1. The summed E-state index contributed by atoms with van der Waals surface area (Å²) in [6.07, 6.45) is 3.80. The van der Waals surface area contributed by atoms with E-state index in [-0.39, 0.29) is 12.0 Å². The Bertz CT molecular complexity index is 872. The molecule has 5 heteroatoms. The maximum atomic E-state index is 12.9. The van der Waals surface area contributed by atoms with Gasteiger partial charge >= 0.3 is 11.9 Å². The molecule has 3 rings (SSSR count). The first-order valence-electron chi connectivity index (χ1n) is 9.51. The van der Waals surface area contributed by atoms with Crippen LogP contribution in [0.1, 0.15) is 55.2 Å². The van der Waals surface area contributed by atoms with Gasteiger partial charge in [-0.3, -0.25) is 4.98 Å². The van der Waals surface area contributed by atoms with E-state index in [1.807, 2.05) is 24.3 Å². The van der Waals surface area contributed by atoms with Gasteiger partial charge in [-0.2, -0.15) is 0 Å². The Morgan fingerprint density at radius 1 is 1.26 bits per heavy atom. The number of rotatable bonds is 5. The average Bonchev–Trinajstić information content (AvgIpc) is 2.69. The molecule has 1 aromatic carbocycles. The van der Waals surface area contributed by atoms with Crippen molar-refractivity contribution in [1.29, 1.82) is 0 Å². The molecule has 1 aliphatic carbocycles. The molecule has 0 N–H and O–H groups in total. The topological polar surface area (TPSA) is 65.5 Å². The fraction of sp³-hybridized carbons (Fsp3) is 0.500. The molecule has 0 bridgehead atoms. The number of para-hydroxylation sites is 1. The number of fused-ring (bicyclic) bond motifs is 2. The molecule has 1 aliphatic rings. The summed E-state index contributed by atoms with van der Waals surface area (Å²) in [5, 5.41) is 0.779. The maximum absolute atomic E-state index is 12.9. The number of aromatic nitrogens is 1. The highest BCUT2D eigenvalue weighted by Crippen LogP contribution is 2.41. The Kier molecular flexibility index (Phi) is 5.49. The number of esters is 2. The van der Waals surface area contributed by atoms with Crippen molar-refractivity contribution < 1.29 is 19.1 Å².